The predicted molar refractivity (Wildman–Crippen MR) is 73.4 cm³/mol. The van der Waals surface area contributed by atoms with Crippen LogP contribution in [0.5, 0.6) is 0 Å². The Morgan fingerprint density at radius 2 is 2.11 bits per heavy atom. The van der Waals surface area contributed by atoms with Crippen molar-refractivity contribution in [2.45, 2.75) is 26.3 Å². The molecule has 3 nitrogen and oxygen atoms in total. The van der Waals surface area contributed by atoms with Crippen molar-refractivity contribution in [2.24, 2.45) is 0 Å². The molecule has 0 unspecified atom stereocenters. The minimum atomic E-state index is -0.269. The van der Waals surface area contributed by atoms with E-state index in [2.05, 4.69) is 10.3 Å². The maximum atomic E-state index is 12.7. The largest absolute Gasteiger partial charge is 0.352 e. The minimum Gasteiger partial charge on any atom is -0.352 e. The van der Waals surface area contributed by atoms with Crippen molar-refractivity contribution in [1.29, 1.82) is 0 Å². The highest BCUT2D eigenvalue weighted by molar-refractivity contribution is 7.09. The number of rotatable bonds is 5. The Morgan fingerprint density at radius 1 is 1.37 bits per heavy atom. The smallest absolute Gasteiger partial charge is 0.220 e. The zero-order chi connectivity index (χ0) is 13.7. The lowest BCUT2D eigenvalue weighted by molar-refractivity contribution is -0.121. The van der Waals surface area contributed by atoms with E-state index in [4.69, 9.17) is 0 Å². The predicted octanol–water partition coefficient (Wildman–Crippen LogP) is 2.84. The molecule has 100 valence electrons. The van der Waals surface area contributed by atoms with Crippen LogP contribution in [0.2, 0.25) is 0 Å². The summed E-state index contributed by atoms with van der Waals surface area (Å²) in [6.45, 7) is 2.37. The molecule has 1 aromatic heterocycles. The van der Waals surface area contributed by atoms with Crippen LogP contribution >= 0.6 is 11.3 Å². The fraction of sp³-hybridized carbons (Fsp3) is 0.286. The third-order valence-corrected chi connectivity index (χ3v) is 3.66. The van der Waals surface area contributed by atoms with E-state index in [-0.39, 0.29) is 11.7 Å². The van der Waals surface area contributed by atoms with Crippen LogP contribution in [0.15, 0.2) is 29.6 Å². The van der Waals surface area contributed by atoms with Gasteiger partial charge in [-0.2, -0.15) is 0 Å². The van der Waals surface area contributed by atoms with Gasteiger partial charge in [0.05, 0.1) is 5.01 Å². The number of nitrogens with zero attached hydrogens (tertiary/aromatic N) is 1. The van der Waals surface area contributed by atoms with Crippen molar-refractivity contribution in [3.63, 3.8) is 0 Å². The molecule has 2 aromatic rings. The fourth-order valence-corrected chi connectivity index (χ4v) is 2.41. The second-order valence-electron chi connectivity index (χ2n) is 4.29. The Bertz CT molecular complexity index is 551. The van der Waals surface area contributed by atoms with E-state index < -0.39 is 0 Å². The number of nitrogens with one attached hydrogen (secondary N) is 1. The number of halogens is 1. The summed E-state index contributed by atoms with van der Waals surface area (Å²) in [6.07, 6.45) is 1.09. The van der Waals surface area contributed by atoms with E-state index in [1.165, 1.54) is 12.1 Å². The van der Waals surface area contributed by atoms with Crippen LogP contribution < -0.4 is 5.32 Å². The Morgan fingerprint density at radius 3 is 2.74 bits per heavy atom. The molecule has 5 heteroatoms. The quantitative estimate of drug-likeness (QED) is 0.913. The van der Waals surface area contributed by atoms with Crippen molar-refractivity contribution in [3.8, 4) is 0 Å². The summed E-state index contributed by atoms with van der Waals surface area (Å²) in [6, 6.07) is 6.11. The van der Waals surface area contributed by atoms with E-state index >= 15 is 0 Å². The lowest BCUT2D eigenvalue weighted by Gasteiger charge is -2.04. The second-order valence-corrected chi connectivity index (χ2v) is 5.23. The van der Waals surface area contributed by atoms with E-state index in [9.17, 15) is 9.18 Å². The molecule has 0 atom stereocenters. The molecular formula is C14H15FN2OS. The van der Waals surface area contributed by atoms with Crippen LogP contribution in [0.1, 0.15) is 22.7 Å². The van der Waals surface area contributed by atoms with Gasteiger partial charge in [0.25, 0.3) is 0 Å². The molecule has 0 bridgehead atoms. The number of carbonyl (C=O) groups excluding carboxylic acids is 1. The number of hydrogen-bond donors (Lipinski definition) is 1. The van der Waals surface area contributed by atoms with Crippen molar-refractivity contribution in [1.82, 2.24) is 10.3 Å². The van der Waals surface area contributed by atoms with Crippen LogP contribution in [-0.2, 0) is 17.8 Å². The van der Waals surface area contributed by atoms with Crippen LogP contribution in [0.4, 0.5) is 4.39 Å². The van der Waals surface area contributed by atoms with Gasteiger partial charge in [0.2, 0.25) is 5.91 Å². The van der Waals surface area contributed by atoms with Crippen molar-refractivity contribution >= 4 is 17.2 Å². The van der Waals surface area contributed by atoms with Crippen LogP contribution in [-0.4, -0.2) is 10.9 Å². The van der Waals surface area contributed by atoms with Gasteiger partial charge in [0, 0.05) is 30.5 Å². The first-order valence-electron chi connectivity index (χ1n) is 6.05. The average Bonchev–Trinajstić information content (AvgIpc) is 2.81. The molecule has 0 aliphatic carbocycles. The lowest BCUT2D eigenvalue weighted by Crippen LogP contribution is -2.22. The third kappa shape index (κ3) is 4.44. The summed E-state index contributed by atoms with van der Waals surface area (Å²) in [7, 11) is 0. The van der Waals surface area contributed by atoms with Gasteiger partial charge in [-0.25, -0.2) is 9.37 Å². The summed E-state index contributed by atoms with van der Waals surface area (Å²) >= 11 is 1.57. The maximum Gasteiger partial charge on any atom is 0.220 e. The van der Waals surface area contributed by atoms with Crippen LogP contribution in [0, 0.1) is 12.7 Å². The number of aromatic nitrogens is 1. The molecule has 19 heavy (non-hydrogen) atoms. The summed E-state index contributed by atoms with van der Waals surface area (Å²) in [5.41, 5.74) is 1.88. The zero-order valence-electron chi connectivity index (χ0n) is 10.6. The zero-order valence-corrected chi connectivity index (χ0v) is 11.5. The maximum absolute atomic E-state index is 12.7. The minimum absolute atomic E-state index is 0.0165. The Kier molecular flexibility index (Phi) is 4.63. The Hall–Kier alpha value is -1.75. The molecule has 0 fully saturated rings. The van der Waals surface area contributed by atoms with Gasteiger partial charge < -0.3 is 5.32 Å². The van der Waals surface area contributed by atoms with Crippen molar-refractivity contribution < 1.29 is 9.18 Å². The standard InChI is InChI=1S/C14H15FN2OS/c1-10-9-19-14(17-10)7-6-13(18)16-8-11-2-4-12(15)5-3-11/h2-5,9H,6-8H2,1H3,(H,16,18). The highest BCUT2D eigenvalue weighted by atomic mass is 32.1. The van der Waals surface area contributed by atoms with Gasteiger partial charge in [0.15, 0.2) is 0 Å². The molecular weight excluding hydrogens is 263 g/mol. The monoisotopic (exact) mass is 278 g/mol. The molecule has 0 aliphatic rings. The third-order valence-electron chi connectivity index (χ3n) is 2.64. The van der Waals surface area contributed by atoms with Gasteiger partial charge in [-0.3, -0.25) is 4.79 Å². The van der Waals surface area contributed by atoms with E-state index in [0.29, 0.717) is 19.4 Å². The average molecular weight is 278 g/mol. The molecule has 1 aromatic carbocycles. The molecule has 1 heterocycles. The topological polar surface area (TPSA) is 42.0 Å². The van der Waals surface area contributed by atoms with E-state index in [1.807, 2.05) is 12.3 Å². The first-order chi connectivity index (χ1) is 9.13. The Labute approximate surface area is 115 Å². The summed E-state index contributed by atoms with van der Waals surface area (Å²) in [5.74, 6) is -0.286. The Balaban J connectivity index is 1.74. The normalized spacial score (nSPS) is 10.4. The summed E-state index contributed by atoms with van der Waals surface area (Å²) < 4.78 is 12.7. The van der Waals surface area contributed by atoms with E-state index in [0.717, 1.165) is 16.3 Å². The molecule has 0 saturated carbocycles. The first kappa shape index (κ1) is 13.7. The number of carbonyl (C=O) groups is 1. The molecule has 0 radical (unpaired) electrons. The van der Waals surface area contributed by atoms with Gasteiger partial charge in [0.1, 0.15) is 5.82 Å². The van der Waals surface area contributed by atoms with E-state index in [1.54, 1.807) is 23.5 Å². The highest BCUT2D eigenvalue weighted by Crippen LogP contribution is 2.10. The summed E-state index contributed by atoms with van der Waals surface area (Å²) in [4.78, 5) is 16.0. The molecule has 0 spiro atoms. The van der Waals surface area contributed by atoms with Gasteiger partial charge in [-0.15, -0.1) is 11.3 Å². The number of benzene rings is 1. The SMILES string of the molecule is Cc1csc(CCC(=O)NCc2ccc(F)cc2)n1. The summed E-state index contributed by atoms with van der Waals surface area (Å²) in [5, 5.41) is 5.77. The van der Waals surface area contributed by atoms with Gasteiger partial charge >= 0.3 is 0 Å². The molecule has 1 N–H and O–H groups in total. The first-order valence-corrected chi connectivity index (χ1v) is 6.93. The molecule has 1 amide bonds. The van der Waals surface area contributed by atoms with Crippen LogP contribution in [0.25, 0.3) is 0 Å². The van der Waals surface area contributed by atoms with Crippen molar-refractivity contribution in [2.75, 3.05) is 0 Å². The van der Waals surface area contributed by atoms with Crippen LogP contribution in [0.3, 0.4) is 0 Å². The number of thiazole rings is 1. The van der Waals surface area contributed by atoms with Gasteiger partial charge in [-0.1, -0.05) is 12.1 Å². The number of aryl methyl sites for hydroxylation is 2. The fourth-order valence-electron chi connectivity index (χ4n) is 1.63. The molecule has 0 saturated heterocycles. The second kappa shape index (κ2) is 6.43. The van der Waals surface area contributed by atoms with Crippen molar-refractivity contribution in [3.05, 3.63) is 51.7 Å². The number of hydrogen-bond acceptors (Lipinski definition) is 3. The lowest BCUT2D eigenvalue weighted by atomic mass is 10.2. The number of amides is 1. The van der Waals surface area contributed by atoms with Gasteiger partial charge in [-0.05, 0) is 24.6 Å². The molecule has 2 rings (SSSR count). The molecule has 0 aliphatic heterocycles. The highest BCUT2D eigenvalue weighted by Gasteiger charge is 2.05.